The largest absolute Gasteiger partial charge is 0.481 e. The van der Waals surface area contributed by atoms with E-state index in [1.165, 1.54) is 16.7 Å². The molecule has 0 aromatic heterocycles. The van der Waals surface area contributed by atoms with Gasteiger partial charge in [0.25, 0.3) is 0 Å². The van der Waals surface area contributed by atoms with Crippen LogP contribution < -0.4 is 0 Å². The van der Waals surface area contributed by atoms with E-state index in [9.17, 15) is 9.90 Å². The normalized spacial score (nSPS) is 16.4. The number of aliphatic carboxylic acids is 1. The number of hydrogen-bond acceptors (Lipinski definition) is 2. The Morgan fingerprint density at radius 3 is 2.14 bits per heavy atom. The second-order valence-electron chi connectivity index (χ2n) is 7.59. The molecule has 1 N–H and O–H groups in total. The van der Waals surface area contributed by atoms with Crippen molar-refractivity contribution >= 4 is 17.6 Å². The first-order chi connectivity index (χ1) is 14.1. The van der Waals surface area contributed by atoms with Gasteiger partial charge in [0.2, 0.25) is 0 Å². The third-order valence-corrected chi connectivity index (χ3v) is 5.98. The van der Waals surface area contributed by atoms with E-state index in [1.807, 2.05) is 36.4 Å². The van der Waals surface area contributed by atoms with Gasteiger partial charge in [0.05, 0.1) is 12.0 Å². The Morgan fingerprint density at radius 1 is 0.862 bits per heavy atom. The third-order valence-electron chi connectivity index (χ3n) is 5.74. The summed E-state index contributed by atoms with van der Waals surface area (Å²) in [5, 5.41) is 10.1. The molecule has 29 heavy (non-hydrogen) atoms. The molecule has 1 heterocycles. The van der Waals surface area contributed by atoms with Crippen molar-refractivity contribution in [3.05, 3.63) is 95.0 Å². The predicted octanol–water partition coefficient (Wildman–Crippen LogP) is 5.89. The van der Waals surface area contributed by atoms with E-state index in [-0.39, 0.29) is 12.0 Å². The van der Waals surface area contributed by atoms with E-state index >= 15 is 0 Å². The minimum absolute atomic E-state index is 0.0632. The van der Waals surface area contributed by atoms with Gasteiger partial charge in [0.1, 0.15) is 0 Å². The van der Waals surface area contributed by atoms with Crippen LogP contribution in [0.3, 0.4) is 0 Å². The number of carboxylic acids is 1. The SMILES string of the molecule is O=C(O)C1CCN(C(c2ccc(-c3ccccc3)cc2)c2cccc(Cl)c2)CC1. The molecule has 0 saturated carbocycles. The fourth-order valence-electron chi connectivity index (χ4n) is 4.18. The molecule has 3 nitrogen and oxygen atoms in total. The molecule has 1 unspecified atom stereocenters. The van der Waals surface area contributed by atoms with Gasteiger partial charge in [-0.2, -0.15) is 0 Å². The van der Waals surface area contributed by atoms with Crippen molar-refractivity contribution < 1.29 is 9.90 Å². The molecule has 0 amide bonds. The summed E-state index contributed by atoms with van der Waals surface area (Å²) in [4.78, 5) is 13.7. The third kappa shape index (κ3) is 4.52. The number of likely N-dealkylation sites (tertiary alicyclic amines) is 1. The highest BCUT2D eigenvalue weighted by Gasteiger charge is 2.30. The molecule has 1 aliphatic heterocycles. The number of carbonyl (C=O) groups is 1. The monoisotopic (exact) mass is 405 g/mol. The molecule has 1 fully saturated rings. The summed E-state index contributed by atoms with van der Waals surface area (Å²) >= 11 is 6.29. The van der Waals surface area contributed by atoms with Gasteiger partial charge in [-0.3, -0.25) is 9.69 Å². The Hall–Kier alpha value is -2.62. The van der Waals surface area contributed by atoms with Gasteiger partial charge in [-0.1, -0.05) is 78.3 Å². The smallest absolute Gasteiger partial charge is 0.306 e. The average Bonchev–Trinajstić information content (AvgIpc) is 2.75. The van der Waals surface area contributed by atoms with Gasteiger partial charge in [-0.25, -0.2) is 0 Å². The molecular formula is C25H24ClNO2. The lowest BCUT2D eigenvalue weighted by Gasteiger charge is -2.37. The van der Waals surface area contributed by atoms with Gasteiger partial charge in [0, 0.05) is 5.02 Å². The highest BCUT2D eigenvalue weighted by molar-refractivity contribution is 6.30. The Labute approximate surface area is 176 Å². The van der Waals surface area contributed by atoms with Gasteiger partial charge >= 0.3 is 5.97 Å². The van der Waals surface area contributed by atoms with E-state index in [2.05, 4.69) is 47.4 Å². The highest BCUT2D eigenvalue weighted by atomic mass is 35.5. The lowest BCUT2D eigenvalue weighted by Crippen LogP contribution is -2.39. The zero-order valence-electron chi connectivity index (χ0n) is 16.2. The Morgan fingerprint density at radius 2 is 1.52 bits per heavy atom. The van der Waals surface area contributed by atoms with E-state index in [0.717, 1.165) is 18.7 Å². The van der Waals surface area contributed by atoms with Crippen LogP contribution in [0.15, 0.2) is 78.9 Å². The number of halogens is 1. The first-order valence-electron chi connectivity index (χ1n) is 9.99. The minimum Gasteiger partial charge on any atom is -0.481 e. The van der Waals surface area contributed by atoms with Gasteiger partial charge < -0.3 is 5.11 Å². The lowest BCUT2D eigenvalue weighted by atomic mass is 9.90. The van der Waals surface area contributed by atoms with Gasteiger partial charge in [-0.15, -0.1) is 0 Å². The molecule has 148 valence electrons. The van der Waals surface area contributed by atoms with Crippen LogP contribution >= 0.6 is 11.6 Å². The summed E-state index contributed by atoms with van der Waals surface area (Å²) in [6.07, 6.45) is 1.35. The van der Waals surface area contributed by atoms with Crippen LogP contribution in [0.5, 0.6) is 0 Å². The first-order valence-corrected chi connectivity index (χ1v) is 10.4. The second kappa shape index (κ2) is 8.81. The van der Waals surface area contributed by atoms with Gasteiger partial charge in [-0.05, 0) is 60.3 Å². The van der Waals surface area contributed by atoms with Crippen LogP contribution in [0.25, 0.3) is 11.1 Å². The first kappa shape index (κ1) is 19.7. The Bertz CT molecular complexity index is 964. The Balaban J connectivity index is 1.65. The van der Waals surface area contributed by atoms with E-state index in [1.54, 1.807) is 0 Å². The number of benzene rings is 3. The Kier molecular flexibility index (Phi) is 5.98. The van der Waals surface area contributed by atoms with Crippen LogP contribution in [0.1, 0.15) is 30.0 Å². The van der Waals surface area contributed by atoms with Crippen molar-refractivity contribution in [2.75, 3.05) is 13.1 Å². The molecule has 0 radical (unpaired) electrons. The highest BCUT2D eigenvalue weighted by Crippen LogP contribution is 2.34. The zero-order chi connectivity index (χ0) is 20.2. The lowest BCUT2D eigenvalue weighted by molar-refractivity contribution is -0.143. The molecule has 0 spiro atoms. The van der Waals surface area contributed by atoms with Crippen LogP contribution in [-0.4, -0.2) is 29.1 Å². The van der Waals surface area contributed by atoms with E-state index in [0.29, 0.717) is 17.9 Å². The molecule has 3 aromatic rings. The summed E-state index contributed by atoms with van der Waals surface area (Å²) < 4.78 is 0. The van der Waals surface area contributed by atoms with Crippen molar-refractivity contribution in [3.63, 3.8) is 0 Å². The van der Waals surface area contributed by atoms with Crippen molar-refractivity contribution in [1.29, 1.82) is 0 Å². The summed E-state index contributed by atoms with van der Waals surface area (Å²) in [7, 11) is 0. The van der Waals surface area contributed by atoms with Gasteiger partial charge in [0.15, 0.2) is 0 Å². The van der Waals surface area contributed by atoms with Crippen molar-refractivity contribution in [1.82, 2.24) is 4.90 Å². The quantitative estimate of drug-likeness (QED) is 0.575. The summed E-state index contributed by atoms with van der Waals surface area (Å²) in [6, 6.07) is 27.1. The second-order valence-corrected chi connectivity index (χ2v) is 8.03. The topological polar surface area (TPSA) is 40.5 Å². The van der Waals surface area contributed by atoms with E-state index in [4.69, 9.17) is 11.6 Å². The maximum Gasteiger partial charge on any atom is 0.306 e. The summed E-state index contributed by atoms with van der Waals surface area (Å²) in [5.74, 6) is -0.928. The number of carboxylic acid groups (broad SMARTS) is 1. The molecular weight excluding hydrogens is 382 g/mol. The number of hydrogen-bond donors (Lipinski definition) is 1. The van der Waals surface area contributed by atoms with Crippen LogP contribution in [0.4, 0.5) is 0 Å². The summed E-state index contributed by atoms with van der Waals surface area (Å²) in [5.41, 5.74) is 4.71. The fourth-order valence-corrected chi connectivity index (χ4v) is 4.38. The van der Waals surface area contributed by atoms with Crippen molar-refractivity contribution in [3.8, 4) is 11.1 Å². The zero-order valence-corrected chi connectivity index (χ0v) is 16.9. The average molecular weight is 406 g/mol. The number of rotatable bonds is 5. The maximum atomic E-state index is 11.4. The van der Waals surface area contributed by atoms with Crippen LogP contribution in [0.2, 0.25) is 5.02 Å². The number of nitrogens with zero attached hydrogens (tertiary/aromatic N) is 1. The molecule has 1 saturated heterocycles. The van der Waals surface area contributed by atoms with Crippen LogP contribution in [0, 0.1) is 5.92 Å². The molecule has 0 bridgehead atoms. The van der Waals surface area contributed by atoms with E-state index < -0.39 is 5.97 Å². The molecule has 0 aliphatic carbocycles. The van der Waals surface area contributed by atoms with Crippen molar-refractivity contribution in [2.45, 2.75) is 18.9 Å². The molecule has 4 heteroatoms. The molecule has 1 aliphatic rings. The molecule has 1 atom stereocenters. The standard InChI is InChI=1S/C25H24ClNO2/c26-23-8-4-7-22(17-23)24(27-15-13-21(14-16-27)25(28)29)20-11-9-19(10-12-20)18-5-2-1-3-6-18/h1-12,17,21,24H,13-16H2,(H,28,29). The minimum atomic E-state index is -0.684. The number of piperidine rings is 1. The molecule has 4 rings (SSSR count). The van der Waals surface area contributed by atoms with Crippen LogP contribution in [-0.2, 0) is 4.79 Å². The molecule has 3 aromatic carbocycles. The predicted molar refractivity (Wildman–Crippen MR) is 117 cm³/mol. The maximum absolute atomic E-state index is 11.4. The summed E-state index contributed by atoms with van der Waals surface area (Å²) in [6.45, 7) is 1.52. The fraction of sp³-hybridized carbons (Fsp3) is 0.240. The van der Waals surface area contributed by atoms with Crippen molar-refractivity contribution in [2.24, 2.45) is 5.92 Å².